The first-order valence-electron chi connectivity index (χ1n) is 30.2. The minimum atomic E-state index is -0.0756. The molecule has 0 spiro atoms. The Balaban J connectivity index is 1.22. The summed E-state index contributed by atoms with van der Waals surface area (Å²) in [7, 11) is 0. The zero-order valence-electron chi connectivity index (χ0n) is 53.5. The fourth-order valence-corrected chi connectivity index (χ4v) is 12.3. The van der Waals surface area contributed by atoms with Gasteiger partial charge in [0.05, 0.1) is 28.1 Å². The van der Waals surface area contributed by atoms with Crippen LogP contribution in [0.2, 0.25) is 0 Å². The van der Waals surface area contributed by atoms with Crippen LogP contribution in [-0.4, -0.2) is 4.57 Å². The van der Waals surface area contributed by atoms with Crippen molar-refractivity contribution < 1.29 is 0 Å². The van der Waals surface area contributed by atoms with Crippen molar-refractivity contribution in [2.24, 2.45) is 0 Å². The van der Waals surface area contributed by atoms with Gasteiger partial charge in [0.25, 0.3) is 0 Å². The van der Waals surface area contributed by atoms with Crippen LogP contribution in [0.15, 0.2) is 164 Å². The number of fused-ring (bicyclic) bond motifs is 3. The van der Waals surface area contributed by atoms with Crippen molar-refractivity contribution in [3.8, 4) is 27.9 Å². The molecule has 0 bridgehead atoms. The lowest BCUT2D eigenvalue weighted by atomic mass is 9.78. The van der Waals surface area contributed by atoms with E-state index in [1.165, 1.54) is 121 Å². The summed E-state index contributed by atoms with van der Waals surface area (Å²) < 4.78 is 2.55. The second-order valence-corrected chi connectivity index (χ2v) is 31.4. The first-order chi connectivity index (χ1) is 38.1. The molecule has 0 atom stereocenters. The summed E-state index contributed by atoms with van der Waals surface area (Å²) in [4.78, 5) is 2.58. The van der Waals surface area contributed by atoms with Crippen molar-refractivity contribution in [1.82, 2.24) is 4.57 Å². The van der Waals surface area contributed by atoms with E-state index in [4.69, 9.17) is 0 Å². The molecule has 1 heterocycles. The fraction of sp³-hybridized carbons (Fsp3) is 0.350. The Morgan fingerprint density at radius 3 is 1.12 bits per heavy atom. The zero-order valence-corrected chi connectivity index (χ0v) is 53.5. The molecule has 0 radical (unpaired) electrons. The molecule has 420 valence electrons. The van der Waals surface area contributed by atoms with Crippen LogP contribution in [0.25, 0.3) is 82.1 Å². The quantitative estimate of drug-likeness (QED) is 0.151. The van der Waals surface area contributed by atoms with Gasteiger partial charge in [-0.25, -0.2) is 0 Å². The molecule has 0 unspecified atom stereocenters. The Hall–Kier alpha value is -7.16. The SMILES string of the molecule is CC(C)(C)c1ccc(N(c2ccc(-c3cc(C(C)(C)C)cc(C(C)(C)C)c3)cc2-c2cc(C(C)(C)C)cc(C(C)(C)C)c2)c2ccc3ccc4c(-n5c6ccc(C(C)(C)C)cc6c6cc(C(C)(C)C)ccc65)ccc5ccc2c3c54)cc1. The van der Waals surface area contributed by atoms with Gasteiger partial charge in [0.15, 0.2) is 0 Å². The minimum Gasteiger partial charge on any atom is -0.309 e. The lowest BCUT2D eigenvalue weighted by Crippen LogP contribution is -2.17. The molecular weight excluding hydrogens is 989 g/mol. The number of aromatic nitrogens is 1. The minimum absolute atomic E-state index is 0.00867. The highest BCUT2D eigenvalue weighted by atomic mass is 15.1. The molecule has 2 heteroatoms. The smallest absolute Gasteiger partial charge is 0.0541 e. The molecule has 0 amide bonds. The van der Waals surface area contributed by atoms with Gasteiger partial charge in [0, 0.05) is 32.8 Å². The predicted molar refractivity (Wildman–Crippen MR) is 361 cm³/mol. The number of rotatable bonds is 6. The molecule has 10 aromatic carbocycles. The van der Waals surface area contributed by atoms with Gasteiger partial charge in [0.2, 0.25) is 0 Å². The predicted octanol–water partition coefficient (Wildman–Crippen LogP) is 23.6. The molecule has 11 aromatic rings. The number of nitrogens with zero attached hydrogens (tertiary/aromatic N) is 2. The van der Waals surface area contributed by atoms with Crippen LogP contribution in [-0.2, 0) is 37.9 Å². The average Bonchev–Trinajstić information content (AvgIpc) is 1.54. The summed E-state index contributed by atoms with van der Waals surface area (Å²) in [5, 5.41) is 10.1. The van der Waals surface area contributed by atoms with Gasteiger partial charge >= 0.3 is 0 Å². The summed E-state index contributed by atoms with van der Waals surface area (Å²) in [6.45, 7) is 49.1. The van der Waals surface area contributed by atoms with Crippen molar-refractivity contribution in [1.29, 1.82) is 0 Å². The fourth-order valence-electron chi connectivity index (χ4n) is 12.3. The highest BCUT2D eigenvalue weighted by Crippen LogP contribution is 2.50. The molecule has 2 nitrogen and oxygen atoms in total. The second kappa shape index (κ2) is 19.2. The van der Waals surface area contributed by atoms with Gasteiger partial charge in [-0.1, -0.05) is 249 Å². The van der Waals surface area contributed by atoms with Crippen molar-refractivity contribution in [3.63, 3.8) is 0 Å². The molecule has 0 aliphatic carbocycles. The standard InChI is InChI=1S/C80H90N2/c1-74(2,3)54-27-31-61(32-28-54)81(69-37-26-51(52-40-57(77(10,11)12)45-58(41-52)78(13,14)15)44-64(69)53-42-59(79(16,17)18)46-60(43-53)80(19,20)21)67-35-24-49-23-34-63-68(36-25-50-22-33-62(67)72(49)73(50)63)82-70-38-29-55(75(4,5)6)47-65(70)66-48-56(76(7,8)9)30-39-71(66)82/h22-48H,1-21H3. The van der Waals surface area contributed by atoms with Gasteiger partial charge in [0.1, 0.15) is 0 Å². The second-order valence-electron chi connectivity index (χ2n) is 31.4. The van der Waals surface area contributed by atoms with E-state index < -0.39 is 0 Å². The summed E-state index contributed by atoms with van der Waals surface area (Å²) in [6, 6.07) is 64.9. The molecule has 0 saturated carbocycles. The molecule has 11 rings (SSSR count). The lowest BCUT2D eigenvalue weighted by molar-refractivity contribution is 0.568. The number of benzene rings is 10. The topological polar surface area (TPSA) is 8.17 Å². The van der Waals surface area contributed by atoms with Crippen molar-refractivity contribution in [3.05, 3.63) is 203 Å². The van der Waals surface area contributed by atoms with Crippen LogP contribution in [0.3, 0.4) is 0 Å². The van der Waals surface area contributed by atoms with Gasteiger partial charge in [-0.15, -0.1) is 0 Å². The summed E-state index contributed by atoms with van der Waals surface area (Å²) in [6.07, 6.45) is 0. The Bertz CT molecular complexity index is 4140. The van der Waals surface area contributed by atoms with Crippen LogP contribution >= 0.6 is 0 Å². The first kappa shape index (κ1) is 56.7. The molecule has 0 fully saturated rings. The maximum atomic E-state index is 2.58. The summed E-state index contributed by atoms with van der Waals surface area (Å²) >= 11 is 0. The van der Waals surface area contributed by atoms with Crippen molar-refractivity contribution >= 4 is 71.2 Å². The van der Waals surface area contributed by atoms with Crippen LogP contribution in [0.4, 0.5) is 17.1 Å². The molecule has 1 aromatic heterocycles. The maximum absolute atomic E-state index is 2.58. The lowest BCUT2D eigenvalue weighted by Gasteiger charge is -2.32. The van der Waals surface area contributed by atoms with Crippen molar-refractivity contribution in [2.75, 3.05) is 4.90 Å². The zero-order chi connectivity index (χ0) is 59.2. The van der Waals surface area contributed by atoms with Crippen LogP contribution < -0.4 is 4.90 Å². The highest BCUT2D eigenvalue weighted by Gasteiger charge is 2.29. The van der Waals surface area contributed by atoms with Crippen LogP contribution in [0, 0.1) is 0 Å². The van der Waals surface area contributed by atoms with Gasteiger partial charge < -0.3 is 9.47 Å². The van der Waals surface area contributed by atoms with E-state index in [2.05, 4.69) is 319 Å². The monoisotopic (exact) mass is 1080 g/mol. The van der Waals surface area contributed by atoms with E-state index in [1.54, 1.807) is 0 Å². The van der Waals surface area contributed by atoms with E-state index in [0.29, 0.717) is 0 Å². The Labute approximate surface area is 492 Å². The maximum Gasteiger partial charge on any atom is 0.0541 e. The average molecular weight is 1080 g/mol. The van der Waals surface area contributed by atoms with Gasteiger partial charge in [-0.3, -0.25) is 0 Å². The van der Waals surface area contributed by atoms with Gasteiger partial charge in [-0.05, 0) is 176 Å². The number of hydrogen-bond donors (Lipinski definition) is 0. The van der Waals surface area contributed by atoms with E-state index >= 15 is 0 Å². The first-order valence-corrected chi connectivity index (χ1v) is 30.2. The molecule has 0 aliphatic rings. The Morgan fingerprint density at radius 2 is 0.659 bits per heavy atom. The van der Waals surface area contributed by atoms with Crippen LogP contribution in [0.1, 0.15) is 184 Å². The Morgan fingerprint density at radius 1 is 0.268 bits per heavy atom. The highest BCUT2D eigenvalue weighted by molar-refractivity contribution is 6.27. The van der Waals surface area contributed by atoms with E-state index in [1.807, 2.05) is 0 Å². The van der Waals surface area contributed by atoms with E-state index in [-0.39, 0.29) is 37.9 Å². The molecule has 0 aliphatic heterocycles. The third-order valence-corrected chi connectivity index (χ3v) is 17.8. The summed E-state index contributed by atoms with van der Waals surface area (Å²) in [5.41, 5.74) is 21.2. The molecule has 82 heavy (non-hydrogen) atoms. The number of hydrogen-bond acceptors (Lipinski definition) is 1. The summed E-state index contributed by atoms with van der Waals surface area (Å²) in [5.74, 6) is 0. The third kappa shape index (κ3) is 10.2. The molecule has 0 N–H and O–H groups in total. The van der Waals surface area contributed by atoms with E-state index in [9.17, 15) is 0 Å². The molecule has 0 saturated heterocycles. The van der Waals surface area contributed by atoms with E-state index in [0.717, 1.165) is 17.1 Å². The Kier molecular flexibility index (Phi) is 13.3. The third-order valence-electron chi connectivity index (χ3n) is 17.8. The number of anilines is 3. The van der Waals surface area contributed by atoms with Crippen LogP contribution in [0.5, 0.6) is 0 Å². The van der Waals surface area contributed by atoms with Gasteiger partial charge in [-0.2, -0.15) is 0 Å². The van der Waals surface area contributed by atoms with Crippen molar-refractivity contribution in [2.45, 2.75) is 183 Å². The normalized spacial score (nSPS) is 13.4. The molecular formula is C80H90N2. The largest absolute Gasteiger partial charge is 0.309 e.